The molecule has 9 heteroatoms. The number of nitrogens with two attached hydrogens (primary N) is 1. The van der Waals surface area contributed by atoms with E-state index >= 15 is 0 Å². The molecule has 0 saturated carbocycles. The Morgan fingerprint density at radius 1 is 1.09 bits per heavy atom. The van der Waals surface area contributed by atoms with Crippen molar-refractivity contribution in [2.75, 3.05) is 0 Å². The van der Waals surface area contributed by atoms with Gasteiger partial charge in [-0.25, -0.2) is 0 Å². The number of hydrogen-bond acceptors (Lipinski definition) is 9. The van der Waals surface area contributed by atoms with Crippen LogP contribution in [0.2, 0.25) is 0 Å². The van der Waals surface area contributed by atoms with Crippen molar-refractivity contribution in [3.63, 3.8) is 0 Å². The topological polar surface area (TPSA) is 167 Å². The lowest BCUT2D eigenvalue weighted by Gasteiger charge is -2.45. The number of ether oxygens (including phenoxy) is 1. The van der Waals surface area contributed by atoms with Crippen molar-refractivity contribution in [3.8, 4) is 11.5 Å². The van der Waals surface area contributed by atoms with Gasteiger partial charge in [-0.1, -0.05) is 24.3 Å². The number of benzene rings is 2. The third-order valence-corrected chi connectivity index (χ3v) is 7.78. The van der Waals surface area contributed by atoms with Gasteiger partial charge in [-0.3, -0.25) is 14.4 Å². The van der Waals surface area contributed by atoms with Crippen LogP contribution in [0.15, 0.2) is 24.3 Å². The molecule has 0 radical (unpaired) electrons. The molecule has 0 amide bonds. The third-order valence-electron chi connectivity index (χ3n) is 7.78. The molecule has 2 aliphatic carbocycles. The monoisotopic (exact) mass is 481 g/mol. The second kappa shape index (κ2) is 7.96. The predicted octanol–water partition coefficient (Wildman–Crippen LogP) is 1.09. The highest BCUT2D eigenvalue weighted by Crippen LogP contribution is 2.53. The summed E-state index contributed by atoms with van der Waals surface area (Å²) in [5.41, 5.74) is 3.93. The van der Waals surface area contributed by atoms with Crippen LogP contribution in [0.1, 0.15) is 75.6 Å². The Morgan fingerprint density at radius 3 is 2.20 bits per heavy atom. The van der Waals surface area contributed by atoms with Crippen LogP contribution in [0.3, 0.4) is 0 Å². The Labute approximate surface area is 201 Å². The Morgan fingerprint density at radius 2 is 1.66 bits per heavy atom. The molecule has 2 aromatic carbocycles. The summed E-state index contributed by atoms with van der Waals surface area (Å²) in [6.45, 7) is 2.86. The molecule has 3 aliphatic rings. The zero-order chi connectivity index (χ0) is 25.4. The zero-order valence-corrected chi connectivity index (χ0v) is 19.3. The number of rotatable bonds is 2. The highest BCUT2D eigenvalue weighted by Gasteiger charge is 2.51. The van der Waals surface area contributed by atoms with E-state index in [1.807, 2.05) is 0 Å². The number of carbonyl (C=O) groups is 3. The number of aromatic hydroxyl groups is 2. The van der Waals surface area contributed by atoms with E-state index < -0.39 is 64.7 Å². The summed E-state index contributed by atoms with van der Waals surface area (Å²) in [7, 11) is 0. The molecule has 2 aromatic rings. The standard InChI is InChI=1S/C26H27NO8/c1-10-21(29)16(27)7-17(35-10)14-8-26(34,11(2)28)9-15-18(14)25(33)20-19(24(15)32)22(30)12-5-3-4-6-13(12)23(20)31/h3-6,10,14,16-17,21,29,32-34H,7-9,27H2,1-2H3/t10?,14-,16?,17?,21?,26-/m1/s1. The molecule has 1 fully saturated rings. The van der Waals surface area contributed by atoms with Gasteiger partial charge < -0.3 is 30.9 Å². The normalized spacial score (nSPS) is 32.0. The molecule has 1 heterocycles. The van der Waals surface area contributed by atoms with Gasteiger partial charge in [0, 0.05) is 40.6 Å². The van der Waals surface area contributed by atoms with Gasteiger partial charge in [0.05, 0.1) is 29.4 Å². The molecule has 6 N–H and O–H groups in total. The van der Waals surface area contributed by atoms with Crippen molar-refractivity contribution in [2.24, 2.45) is 5.73 Å². The lowest BCUT2D eigenvalue weighted by molar-refractivity contribution is -0.146. The molecule has 0 aromatic heterocycles. The average Bonchev–Trinajstić information content (AvgIpc) is 2.82. The van der Waals surface area contributed by atoms with Crippen molar-refractivity contribution in [2.45, 2.75) is 69.0 Å². The zero-order valence-electron chi connectivity index (χ0n) is 19.3. The van der Waals surface area contributed by atoms with Crippen LogP contribution in [0.25, 0.3) is 0 Å². The largest absolute Gasteiger partial charge is 0.507 e. The number of fused-ring (bicyclic) bond motifs is 3. The number of carbonyl (C=O) groups excluding carboxylic acids is 3. The van der Waals surface area contributed by atoms with Gasteiger partial charge in [0.2, 0.25) is 0 Å². The van der Waals surface area contributed by atoms with E-state index in [9.17, 15) is 34.8 Å². The SMILES string of the molecule is CC(=O)[C@]1(O)Cc2c(O)c3c(c(O)c2[C@@H](C2CC(N)C(O)C(C)O2)C1)C(=O)c1ccccc1C3=O. The van der Waals surface area contributed by atoms with Crippen LogP contribution in [-0.2, 0) is 16.0 Å². The minimum absolute atomic E-state index is 0.0201. The fraction of sp³-hybridized carbons (Fsp3) is 0.423. The Balaban J connectivity index is 1.75. The van der Waals surface area contributed by atoms with Crippen molar-refractivity contribution in [1.82, 2.24) is 0 Å². The fourth-order valence-corrected chi connectivity index (χ4v) is 5.80. The van der Waals surface area contributed by atoms with Gasteiger partial charge >= 0.3 is 0 Å². The average molecular weight is 482 g/mol. The van der Waals surface area contributed by atoms with E-state index in [0.717, 1.165) is 0 Å². The molecule has 4 unspecified atom stereocenters. The van der Waals surface area contributed by atoms with Gasteiger partial charge in [-0.2, -0.15) is 0 Å². The smallest absolute Gasteiger partial charge is 0.198 e. The molecular formula is C26H27NO8. The molecule has 0 bridgehead atoms. The number of phenolic OH excluding ortho intramolecular Hbond substituents is 2. The van der Waals surface area contributed by atoms with E-state index in [1.54, 1.807) is 19.1 Å². The van der Waals surface area contributed by atoms with Gasteiger partial charge in [-0.15, -0.1) is 0 Å². The molecular weight excluding hydrogens is 454 g/mol. The first-order valence-electron chi connectivity index (χ1n) is 11.6. The quantitative estimate of drug-likeness (QED) is 0.337. The van der Waals surface area contributed by atoms with Crippen LogP contribution in [-0.4, -0.2) is 67.7 Å². The summed E-state index contributed by atoms with van der Waals surface area (Å²) in [5, 5.41) is 44.2. The maximum absolute atomic E-state index is 13.4. The Bertz CT molecular complexity index is 1270. The third kappa shape index (κ3) is 3.34. The van der Waals surface area contributed by atoms with E-state index in [1.165, 1.54) is 19.1 Å². The molecule has 0 spiro atoms. The Hall–Kier alpha value is -3.11. The van der Waals surface area contributed by atoms with Crippen LogP contribution in [0.5, 0.6) is 11.5 Å². The number of Topliss-reactive ketones (excluding diaryl/α,β-unsaturated/α-hetero) is 1. The van der Waals surface area contributed by atoms with E-state index in [4.69, 9.17) is 10.5 Å². The second-order valence-corrected chi connectivity index (χ2v) is 9.89. The van der Waals surface area contributed by atoms with Crippen LogP contribution >= 0.6 is 0 Å². The summed E-state index contributed by atoms with van der Waals surface area (Å²) in [5.74, 6) is -3.66. The number of aliphatic hydroxyl groups excluding tert-OH is 1. The van der Waals surface area contributed by atoms with Crippen LogP contribution in [0, 0.1) is 0 Å². The lowest BCUT2D eigenvalue weighted by Crippen LogP contribution is -2.54. The van der Waals surface area contributed by atoms with E-state index in [0.29, 0.717) is 0 Å². The van der Waals surface area contributed by atoms with Crippen molar-refractivity contribution in [1.29, 1.82) is 0 Å². The number of ketones is 3. The predicted molar refractivity (Wildman–Crippen MR) is 123 cm³/mol. The molecule has 1 aliphatic heterocycles. The summed E-state index contributed by atoms with van der Waals surface area (Å²) >= 11 is 0. The van der Waals surface area contributed by atoms with Gasteiger partial charge in [-0.05, 0) is 26.7 Å². The summed E-state index contributed by atoms with van der Waals surface area (Å²) in [6, 6.07) is 5.47. The van der Waals surface area contributed by atoms with Crippen molar-refractivity contribution in [3.05, 3.63) is 57.6 Å². The first-order valence-corrected chi connectivity index (χ1v) is 11.6. The Kier molecular flexibility index (Phi) is 5.37. The molecule has 35 heavy (non-hydrogen) atoms. The number of hydrogen-bond donors (Lipinski definition) is 5. The second-order valence-electron chi connectivity index (χ2n) is 9.89. The van der Waals surface area contributed by atoms with Gasteiger partial charge in [0.25, 0.3) is 0 Å². The summed E-state index contributed by atoms with van der Waals surface area (Å²) in [4.78, 5) is 39.1. The first-order chi connectivity index (χ1) is 16.5. The van der Waals surface area contributed by atoms with Crippen molar-refractivity contribution < 1.29 is 39.5 Å². The van der Waals surface area contributed by atoms with Crippen LogP contribution in [0.4, 0.5) is 0 Å². The molecule has 9 nitrogen and oxygen atoms in total. The molecule has 5 rings (SSSR count). The number of phenols is 2. The maximum Gasteiger partial charge on any atom is 0.198 e. The molecule has 6 atom stereocenters. The van der Waals surface area contributed by atoms with Crippen LogP contribution < -0.4 is 5.73 Å². The summed E-state index contributed by atoms with van der Waals surface area (Å²) < 4.78 is 5.98. The number of aliphatic hydroxyl groups is 2. The van der Waals surface area contributed by atoms with Crippen molar-refractivity contribution >= 4 is 17.3 Å². The van der Waals surface area contributed by atoms with E-state index in [2.05, 4.69) is 0 Å². The molecule has 184 valence electrons. The van der Waals surface area contributed by atoms with Gasteiger partial charge in [0.1, 0.15) is 17.1 Å². The minimum atomic E-state index is -1.90. The maximum atomic E-state index is 13.4. The van der Waals surface area contributed by atoms with E-state index in [-0.39, 0.29) is 52.6 Å². The fourth-order valence-electron chi connectivity index (χ4n) is 5.80. The lowest BCUT2D eigenvalue weighted by atomic mass is 9.66. The first kappa shape index (κ1) is 23.6. The summed E-state index contributed by atoms with van der Waals surface area (Å²) in [6.07, 6.45) is -2.68. The van der Waals surface area contributed by atoms with Gasteiger partial charge in [0.15, 0.2) is 17.3 Å². The minimum Gasteiger partial charge on any atom is -0.507 e. The highest BCUT2D eigenvalue weighted by atomic mass is 16.5. The highest BCUT2D eigenvalue weighted by molar-refractivity contribution is 6.30. The molecule has 1 saturated heterocycles.